The van der Waals surface area contributed by atoms with Gasteiger partial charge in [0.1, 0.15) is 5.82 Å². The molecule has 0 bridgehead atoms. The van der Waals surface area contributed by atoms with Crippen LogP contribution in [0.15, 0.2) is 55.0 Å². The Kier molecular flexibility index (Phi) is 6.23. The third kappa shape index (κ3) is 4.65. The number of benzene rings is 1. The van der Waals surface area contributed by atoms with Gasteiger partial charge in [-0.05, 0) is 48.9 Å². The molecule has 0 unspecified atom stereocenters. The highest BCUT2D eigenvalue weighted by atomic mass is 35.5. The first-order valence-electron chi connectivity index (χ1n) is 8.39. The maximum Gasteiger partial charge on any atom is 0.258 e. The second-order valence-corrected chi connectivity index (χ2v) is 6.82. The van der Waals surface area contributed by atoms with Crippen molar-refractivity contribution in [2.75, 3.05) is 10.6 Å². The first-order valence-corrected chi connectivity index (χ1v) is 9.15. The van der Waals surface area contributed by atoms with Crippen molar-refractivity contribution in [1.29, 1.82) is 5.41 Å². The minimum atomic E-state index is -0.414. The molecule has 2 aromatic heterocycles. The van der Waals surface area contributed by atoms with Crippen molar-refractivity contribution in [2.45, 2.75) is 13.5 Å². The van der Waals surface area contributed by atoms with Gasteiger partial charge in [0.2, 0.25) is 0 Å². The van der Waals surface area contributed by atoms with Gasteiger partial charge in [0, 0.05) is 41.6 Å². The summed E-state index contributed by atoms with van der Waals surface area (Å²) in [5.41, 5.74) is 2.37. The zero-order valence-electron chi connectivity index (χ0n) is 15.0. The van der Waals surface area contributed by atoms with E-state index < -0.39 is 5.91 Å². The van der Waals surface area contributed by atoms with Gasteiger partial charge < -0.3 is 16.0 Å². The summed E-state index contributed by atoms with van der Waals surface area (Å²) < 4.78 is 0. The molecule has 3 N–H and O–H groups in total. The molecule has 1 aromatic carbocycles. The molecule has 0 saturated carbocycles. The highest BCUT2D eigenvalue weighted by Crippen LogP contribution is 2.28. The van der Waals surface area contributed by atoms with E-state index in [1.54, 1.807) is 43.6 Å². The van der Waals surface area contributed by atoms with Crippen LogP contribution in [0.25, 0.3) is 0 Å². The second kappa shape index (κ2) is 8.82. The Morgan fingerprint density at radius 2 is 1.79 bits per heavy atom. The quantitative estimate of drug-likeness (QED) is 0.493. The number of amides is 1. The van der Waals surface area contributed by atoms with E-state index >= 15 is 0 Å². The Balaban J connectivity index is 1.85. The summed E-state index contributed by atoms with van der Waals surface area (Å²) in [6.07, 6.45) is 4.80. The van der Waals surface area contributed by atoms with Crippen molar-refractivity contribution >= 4 is 46.3 Å². The molecule has 0 fully saturated rings. The Bertz CT molecular complexity index is 1010. The van der Waals surface area contributed by atoms with E-state index in [2.05, 4.69) is 20.6 Å². The highest BCUT2D eigenvalue weighted by molar-refractivity contribution is 6.38. The maximum absolute atomic E-state index is 12.6. The van der Waals surface area contributed by atoms with Crippen LogP contribution in [-0.4, -0.2) is 21.6 Å². The fourth-order valence-electron chi connectivity index (χ4n) is 2.54. The van der Waals surface area contributed by atoms with Crippen LogP contribution in [0.1, 0.15) is 28.4 Å². The van der Waals surface area contributed by atoms with E-state index in [0.717, 1.165) is 5.56 Å². The van der Waals surface area contributed by atoms with Crippen molar-refractivity contribution in [1.82, 2.24) is 9.97 Å². The highest BCUT2D eigenvalue weighted by Gasteiger charge is 2.19. The zero-order valence-corrected chi connectivity index (χ0v) is 16.5. The van der Waals surface area contributed by atoms with E-state index in [0.29, 0.717) is 28.6 Å². The van der Waals surface area contributed by atoms with E-state index in [4.69, 9.17) is 28.6 Å². The average Bonchev–Trinajstić information content (AvgIpc) is 2.68. The molecule has 2 heterocycles. The molecule has 0 spiro atoms. The molecule has 6 nitrogen and oxygen atoms in total. The molecular weight excluding hydrogens is 397 g/mol. The maximum atomic E-state index is 12.6. The van der Waals surface area contributed by atoms with Crippen LogP contribution in [0, 0.1) is 5.41 Å². The number of aromatic nitrogens is 2. The lowest BCUT2D eigenvalue weighted by atomic mass is 10.1. The minimum absolute atomic E-state index is 0.172. The molecule has 0 radical (unpaired) electrons. The lowest BCUT2D eigenvalue weighted by Crippen LogP contribution is -2.16. The third-order valence-corrected chi connectivity index (χ3v) is 4.59. The fourth-order valence-corrected chi connectivity index (χ4v) is 3.03. The standard InChI is InChI=1S/C20H17Cl2N5O/c1-12(23)17-18(22)16(20(28)27-15-4-2-14(21)3-5-15)11-26-19(17)25-10-13-6-8-24-9-7-13/h2-9,11,23H,10H2,1H3,(H,25,26)(H,27,28). The lowest BCUT2D eigenvalue weighted by molar-refractivity contribution is 0.102. The van der Waals surface area contributed by atoms with E-state index in [1.165, 1.54) is 6.20 Å². The Morgan fingerprint density at radius 3 is 2.43 bits per heavy atom. The van der Waals surface area contributed by atoms with Gasteiger partial charge in [0.05, 0.1) is 16.1 Å². The summed E-state index contributed by atoms with van der Waals surface area (Å²) in [7, 11) is 0. The first kappa shape index (κ1) is 19.8. The van der Waals surface area contributed by atoms with Crippen LogP contribution in [0.5, 0.6) is 0 Å². The number of rotatable bonds is 6. The summed E-state index contributed by atoms with van der Waals surface area (Å²) in [5, 5.41) is 14.7. The van der Waals surface area contributed by atoms with Crippen molar-refractivity contribution < 1.29 is 4.79 Å². The Hall–Kier alpha value is -2.96. The molecule has 0 saturated heterocycles. The van der Waals surface area contributed by atoms with E-state index in [1.807, 2.05) is 12.1 Å². The van der Waals surface area contributed by atoms with Crippen molar-refractivity contribution in [3.8, 4) is 0 Å². The van der Waals surface area contributed by atoms with Crippen molar-refractivity contribution in [3.05, 3.63) is 81.7 Å². The van der Waals surface area contributed by atoms with Crippen LogP contribution in [0.2, 0.25) is 10.0 Å². The zero-order chi connectivity index (χ0) is 20.1. The van der Waals surface area contributed by atoms with Crippen molar-refractivity contribution in [3.63, 3.8) is 0 Å². The third-order valence-electron chi connectivity index (χ3n) is 3.95. The van der Waals surface area contributed by atoms with Gasteiger partial charge in [0.25, 0.3) is 5.91 Å². The molecule has 8 heteroatoms. The number of halogens is 2. The SMILES string of the molecule is CC(=N)c1c(NCc2ccncc2)ncc(C(=O)Nc2ccc(Cl)cc2)c1Cl. The smallest absolute Gasteiger partial charge is 0.258 e. The minimum Gasteiger partial charge on any atom is -0.365 e. The van der Waals surface area contributed by atoms with Gasteiger partial charge >= 0.3 is 0 Å². The fraction of sp³-hybridized carbons (Fsp3) is 0.100. The summed E-state index contributed by atoms with van der Waals surface area (Å²) in [6.45, 7) is 2.09. The number of pyridine rings is 2. The van der Waals surface area contributed by atoms with Gasteiger partial charge in [-0.1, -0.05) is 23.2 Å². The van der Waals surface area contributed by atoms with Crippen LogP contribution in [0.4, 0.5) is 11.5 Å². The van der Waals surface area contributed by atoms with Crippen molar-refractivity contribution in [2.24, 2.45) is 0 Å². The Labute approximate surface area is 172 Å². The molecule has 0 aliphatic heterocycles. The van der Waals surface area contributed by atoms with Gasteiger partial charge in [-0.15, -0.1) is 0 Å². The molecule has 142 valence electrons. The number of anilines is 2. The molecule has 0 aliphatic rings. The van der Waals surface area contributed by atoms with Gasteiger partial charge in [0.15, 0.2) is 0 Å². The summed E-state index contributed by atoms with van der Waals surface area (Å²) >= 11 is 12.3. The van der Waals surface area contributed by atoms with Crippen LogP contribution < -0.4 is 10.6 Å². The van der Waals surface area contributed by atoms with Crippen LogP contribution in [0.3, 0.4) is 0 Å². The molecule has 1 amide bonds. The molecule has 28 heavy (non-hydrogen) atoms. The number of nitrogens with zero attached hydrogens (tertiary/aromatic N) is 2. The van der Waals surface area contributed by atoms with E-state index in [9.17, 15) is 4.79 Å². The predicted octanol–water partition coefficient (Wildman–Crippen LogP) is 5.04. The lowest BCUT2D eigenvalue weighted by Gasteiger charge is -2.15. The van der Waals surface area contributed by atoms with Crippen LogP contribution in [-0.2, 0) is 6.54 Å². The predicted molar refractivity (Wildman–Crippen MR) is 113 cm³/mol. The molecule has 0 atom stereocenters. The largest absolute Gasteiger partial charge is 0.365 e. The molecule has 0 aliphatic carbocycles. The van der Waals surface area contributed by atoms with Gasteiger partial charge in [-0.25, -0.2) is 4.98 Å². The number of carbonyl (C=O) groups is 1. The topological polar surface area (TPSA) is 90.8 Å². The van der Waals surface area contributed by atoms with Crippen LogP contribution >= 0.6 is 23.2 Å². The number of hydrogen-bond acceptors (Lipinski definition) is 5. The molecule has 3 rings (SSSR count). The molecular formula is C20H17Cl2N5O. The average molecular weight is 414 g/mol. The van der Waals surface area contributed by atoms with Gasteiger partial charge in [-0.3, -0.25) is 9.78 Å². The normalized spacial score (nSPS) is 10.4. The number of nitrogens with one attached hydrogen (secondary N) is 3. The molecule has 3 aromatic rings. The van der Waals surface area contributed by atoms with E-state index in [-0.39, 0.29) is 16.3 Å². The second-order valence-electron chi connectivity index (χ2n) is 6.00. The monoisotopic (exact) mass is 413 g/mol. The summed E-state index contributed by atoms with van der Waals surface area (Å²) in [5.74, 6) is 0.0281. The number of hydrogen-bond donors (Lipinski definition) is 3. The van der Waals surface area contributed by atoms with Gasteiger partial charge in [-0.2, -0.15) is 0 Å². The summed E-state index contributed by atoms with van der Waals surface area (Å²) in [6, 6.07) is 10.5. The first-order chi connectivity index (χ1) is 13.5. The summed E-state index contributed by atoms with van der Waals surface area (Å²) in [4.78, 5) is 20.9. The Morgan fingerprint density at radius 1 is 1.11 bits per heavy atom. The number of carbonyl (C=O) groups excluding carboxylic acids is 1.